The Labute approximate surface area is 149 Å². The zero-order chi connectivity index (χ0) is 17.8. The summed E-state index contributed by atoms with van der Waals surface area (Å²) >= 11 is 0. The van der Waals surface area contributed by atoms with Crippen molar-refractivity contribution in [1.82, 2.24) is 5.32 Å². The van der Waals surface area contributed by atoms with E-state index in [-0.39, 0.29) is 24.7 Å². The second-order valence-corrected chi connectivity index (χ2v) is 7.04. The van der Waals surface area contributed by atoms with E-state index in [2.05, 4.69) is 43.5 Å². The van der Waals surface area contributed by atoms with E-state index in [1.807, 2.05) is 42.5 Å². The summed E-state index contributed by atoms with van der Waals surface area (Å²) in [6, 6.07) is 18.1. The summed E-state index contributed by atoms with van der Waals surface area (Å²) in [7, 11) is 0. The van der Waals surface area contributed by atoms with Gasteiger partial charge in [-0.15, -0.1) is 0 Å². The molecule has 2 aromatic rings. The van der Waals surface area contributed by atoms with Crippen LogP contribution in [0.25, 0.3) is 0 Å². The standard InChI is InChI=1S/C21H26N2O2/c1-14(2)19-15(3)20(17-11-7-8-12-18(17)22-19)23-21(24)25-13-16-9-5-4-6-10-16/h4-12,14-15,19-20,22H,13H2,1-3H3,(H,23,24)/t15-,19-,20?/m0/s1. The predicted molar refractivity (Wildman–Crippen MR) is 100 cm³/mol. The number of hydrogen-bond acceptors (Lipinski definition) is 3. The molecule has 2 aromatic carbocycles. The van der Waals surface area contributed by atoms with Gasteiger partial charge in [-0.25, -0.2) is 4.79 Å². The van der Waals surface area contributed by atoms with E-state index in [1.54, 1.807) is 0 Å². The maximum Gasteiger partial charge on any atom is 0.407 e. The van der Waals surface area contributed by atoms with E-state index < -0.39 is 0 Å². The Morgan fingerprint density at radius 1 is 1.12 bits per heavy atom. The molecular formula is C21H26N2O2. The molecule has 0 radical (unpaired) electrons. The molecule has 2 N–H and O–H groups in total. The lowest BCUT2D eigenvalue weighted by Gasteiger charge is -2.41. The summed E-state index contributed by atoms with van der Waals surface area (Å²) in [6.07, 6.45) is -0.375. The fraction of sp³-hybridized carbons (Fsp3) is 0.381. The molecule has 0 bridgehead atoms. The Morgan fingerprint density at radius 2 is 1.80 bits per heavy atom. The molecule has 1 aliphatic heterocycles. The SMILES string of the molecule is CC(C)[C@@H]1Nc2ccccc2C(NC(=O)OCc2ccccc2)[C@H]1C. The van der Waals surface area contributed by atoms with E-state index in [0.717, 1.165) is 16.8 Å². The summed E-state index contributed by atoms with van der Waals surface area (Å²) in [4.78, 5) is 12.4. The van der Waals surface area contributed by atoms with Crippen molar-refractivity contribution in [3.8, 4) is 0 Å². The van der Waals surface area contributed by atoms with Crippen LogP contribution in [-0.4, -0.2) is 12.1 Å². The second kappa shape index (κ2) is 7.60. The first-order chi connectivity index (χ1) is 12.1. The molecular weight excluding hydrogens is 312 g/mol. The molecule has 3 rings (SSSR count). The van der Waals surface area contributed by atoms with Gasteiger partial charge in [0.2, 0.25) is 0 Å². The van der Waals surface area contributed by atoms with Crippen molar-refractivity contribution in [2.24, 2.45) is 11.8 Å². The molecule has 4 nitrogen and oxygen atoms in total. The van der Waals surface area contributed by atoms with E-state index in [0.29, 0.717) is 12.0 Å². The molecule has 1 heterocycles. The van der Waals surface area contributed by atoms with Crippen LogP contribution in [0.5, 0.6) is 0 Å². The van der Waals surface area contributed by atoms with Gasteiger partial charge < -0.3 is 15.4 Å². The Kier molecular flexibility index (Phi) is 5.27. The third-order valence-electron chi connectivity index (χ3n) is 4.91. The fourth-order valence-electron chi connectivity index (χ4n) is 3.58. The summed E-state index contributed by atoms with van der Waals surface area (Å²) < 4.78 is 5.42. The van der Waals surface area contributed by atoms with Crippen LogP contribution < -0.4 is 10.6 Å². The number of para-hydroxylation sites is 1. The number of anilines is 1. The van der Waals surface area contributed by atoms with E-state index >= 15 is 0 Å². The largest absolute Gasteiger partial charge is 0.445 e. The number of fused-ring (bicyclic) bond motifs is 1. The lowest BCUT2D eigenvalue weighted by Crippen LogP contribution is -2.46. The van der Waals surface area contributed by atoms with Gasteiger partial charge in [0.25, 0.3) is 0 Å². The van der Waals surface area contributed by atoms with Gasteiger partial charge in [-0.05, 0) is 23.1 Å². The normalized spacial score (nSPS) is 22.0. The average molecular weight is 338 g/mol. The first kappa shape index (κ1) is 17.3. The van der Waals surface area contributed by atoms with Crippen molar-refractivity contribution in [1.29, 1.82) is 0 Å². The number of amides is 1. The first-order valence-electron chi connectivity index (χ1n) is 8.89. The molecule has 0 saturated heterocycles. The fourth-order valence-corrected chi connectivity index (χ4v) is 3.58. The molecule has 1 amide bonds. The summed E-state index contributed by atoms with van der Waals surface area (Å²) in [5, 5.41) is 6.69. The lowest BCUT2D eigenvalue weighted by molar-refractivity contribution is 0.129. The van der Waals surface area contributed by atoms with Crippen LogP contribution >= 0.6 is 0 Å². The smallest absolute Gasteiger partial charge is 0.407 e. The quantitative estimate of drug-likeness (QED) is 0.846. The van der Waals surface area contributed by atoms with Gasteiger partial charge in [-0.2, -0.15) is 0 Å². The number of carbonyl (C=O) groups excluding carboxylic acids is 1. The van der Waals surface area contributed by atoms with Gasteiger partial charge in [0.05, 0.1) is 6.04 Å². The topological polar surface area (TPSA) is 50.4 Å². The molecule has 1 aliphatic rings. The molecule has 0 saturated carbocycles. The summed E-state index contributed by atoms with van der Waals surface area (Å²) in [5.74, 6) is 0.729. The third kappa shape index (κ3) is 3.95. The predicted octanol–water partition coefficient (Wildman–Crippen LogP) is 4.74. The van der Waals surface area contributed by atoms with Crippen molar-refractivity contribution in [2.75, 3.05) is 5.32 Å². The number of rotatable bonds is 4. The highest BCUT2D eigenvalue weighted by Crippen LogP contribution is 2.38. The van der Waals surface area contributed by atoms with Crippen molar-refractivity contribution < 1.29 is 9.53 Å². The van der Waals surface area contributed by atoms with Crippen molar-refractivity contribution in [3.05, 3.63) is 65.7 Å². The molecule has 0 aromatic heterocycles. The molecule has 4 heteroatoms. The van der Waals surface area contributed by atoms with Crippen molar-refractivity contribution >= 4 is 11.8 Å². The van der Waals surface area contributed by atoms with Gasteiger partial charge in [-0.3, -0.25) is 0 Å². The van der Waals surface area contributed by atoms with Crippen LogP contribution in [0, 0.1) is 11.8 Å². The summed E-state index contributed by atoms with van der Waals surface area (Å²) in [5.41, 5.74) is 3.19. The Balaban J connectivity index is 1.72. The van der Waals surface area contributed by atoms with E-state index in [4.69, 9.17) is 4.74 Å². The monoisotopic (exact) mass is 338 g/mol. The zero-order valence-corrected chi connectivity index (χ0v) is 15.0. The van der Waals surface area contributed by atoms with Gasteiger partial charge in [0, 0.05) is 17.6 Å². The highest BCUT2D eigenvalue weighted by molar-refractivity contribution is 5.69. The van der Waals surface area contributed by atoms with Crippen LogP contribution in [-0.2, 0) is 11.3 Å². The molecule has 0 fully saturated rings. The van der Waals surface area contributed by atoms with E-state index in [1.165, 1.54) is 0 Å². The van der Waals surface area contributed by atoms with E-state index in [9.17, 15) is 4.79 Å². The number of carbonyl (C=O) groups is 1. The number of nitrogens with one attached hydrogen (secondary N) is 2. The van der Waals surface area contributed by atoms with Crippen LogP contribution in [0.3, 0.4) is 0 Å². The Morgan fingerprint density at radius 3 is 2.52 bits per heavy atom. The number of benzene rings is 2. The van der Waals surface area contributed by atoms with Crippen LogP contribution in [0.2, 0.25) is 0 Å². The second-order valence-electron chi connectivity index (χ2n) is 7.04. The van der Waals surface area contributed by atoms with Crippen LogP contribution in [0.4, 0.5) is 10.5 Å². The highest BCUT2D eigenvalue weighted by atomic mass is 16.5. The summed E-state index contributed by atoms with van der Waals surface area (Å²) in [6.45, 7) is 6.86. The van der Waals surface area contributed by atoms with Gasteiger partial charge >= 0.3 is 6.09 Å². The lowest BCUT2D eigenvalue weighted by atomic mass is 9.79. The maximum atomic E-state index is 12.4. The molecule has 1 unspecified atom stereocenters. The molecule has 0 spiro atoms. The van der Waals surface area contributed by atoms with Crippen LogP contribution in [0.1, 0.15) is 37.9 Å². The molecule has 3 atom stereocenters. The number of hydrogen-bond donors (Lipinski definition) is 2. The Bertz CT molecular complexity index is 715. The molecule has 132 valence electrons. The third-order valence-corrected chi connectivity index (χ3v) is 4.91. The number of alkyl carbamates (subject to hydrolysis) is 1. The molecule has 0 aliphatic carbocycles. The Hall–Kier alpha value is -2.49. The maximum absolute atomic E-state index is 12.4. The number of ether oxygens (including phenoxy) is 1. The van der Waals surface area contributed by atoms with Crippen LogP contribution in [0.15, 0.2) is 54.6 Å². The van der Waals surface area contributed by atoms with Gasteiger partial charge in [0.1, 0.15) is 6.61 Å². The first-order valence-corrected chi connectivity index (χ1v) is 8.89. The van der Waals surface area contributed by atoms with Crippen molar-refractivity contribution in [2.45, 2.75) is 39.5 Å². The van der Waals surface area contributed by atoms with Gasteiger partial charge in [-0.1, -0.05) is 69.3 Å². The molecule has 25 heavy (non-hydrogen) atoms. The average Bonchev–Trinajstić information content (AvgIpc) is 2.62. The van der Waals surface area contributed by atoms with Crippen molar-refractivity contribution in [3.63, 3.8) is 0 Å². The minimum Gasteiger partial charge on any atom is -0.445 e. The highest BCUT2D eigenvalue weighted by Gasteiger charge is 2.36. The minimum atomic E-state index is -0.375. The zero-order valence-electron chi connectivity index (χ0n) is 15.0. The van der Waals surface area contributed by atoms with Gasteiger partial charge in [0.15, 0.2) is 0 Å². The minimum absolute atomic E-state index is 0.0619.